The highest BCUT2D eigenvalue weighted by Crippen LogP contribution is 2.19. The Morgan fingerprint density at radius 1 is 1.19 bits per heavy atom. The van der Waals surface area contributed by atoms with Crippen molar-refractivity contribution >= 4 is 0 Å². The molecular weight excluding hydrogens is 264 g/mol. The van der Waals surface area contributed by atoms with Gasteiger partial charge in [-0.05, 0) is 31.0 Å². The third-order valence-electron chi connectivity index (χ3n) is 3.37. The molecule has 2 rings (SSSR count). The Hall–Kier alpha value is -2.38. The molecule has 0 saturated heterocycles. The predicted molar refractivity (Wildman–Crippen MR) is 82.1 cm³/mol. The first-order valence-corrected chi connectivity index (χ1v) is 6.87. The second-order valence-corrected chi connectivity index (χ2v) is 4.91. The van der Waals surface area contributed by atoms with Crippen molar-refractivity contribution in [2.24, 2.45) is 0 Å². The molecule has 0 bridgehead atoms. The Labute approximate surface area is 124 Å². The number of aromatic nitrogens is 1. The number of nitrogens with zero attached hydrogens (tertiary/aromatic N) is 2. The smallest absolute Gasteiger partial charge is 0.268 e. The van der Waals surface area contributed by atoms with Crippen LogP contribution in [0.5, 0.6) is 0 Å². The van der Waals surface area contributed by atoms with Gasteiger partial charge in [0.05, 0.1) is 5.69 Å². The molecule has 0 atom stereocenters. The maximum atomic E-state index is 12.4. The van der Waals surface area contributed by atoms with E-state index < -0.39 is 0 Å². The molecule has 0 fully saturated rings. The van der Waals surface area contributed by atoms with Crippen molar-refractivity contribution in [1.29, 1.82) is 5.26 Å². The fourth-order valence-electron chi connectivity index (χ4n) is 2.23. The van der Waals surface area contributed by atoms with Crippen LogP contribution in [0.4, 0.5) is 0 Å². The van der Waals surface area contributed by atoms with E-state index in [1.807, 2.05) is 43.3 Å². The minimum atomic E-state index is -0.244. The normalized spacial score (nSPS) is 10.3. The summed E-state index contributed by atoms with van der Waals surface area (Å²) in [6.45, 7) is 3.14. The van der Waals surface area contributed by atoms with Crippen LogP contribution in [0.25, 0.3) is 11.3 Å². The van der Waals surface area contributed by atoms with Crippen LogP contribution >= 0.6 is 0 Å². The Morgan fingerprint density at radius 3 is 2.52 bits per heavy atom. The summed E-state index contributed by atoms with van der Waals surface area (Å²) in [5, 5.41) is 9.02. The maximum Gasteiger partial charge on any atom is 0.268 e. The Kier molecular flexibility index (Phi) is 4.91. The lowest BCUT2D eigenvalue weighted by Crippen LogP contribution is -2.24. The molecule has 2 aromatic rings. The van der Waals surface area contributed by atoms with E-state index in [0.29, 0.717) is 13.2 Å². The van der Waals surface area contributed by atoms with Crippen molar-refractivity contribution in [3.63, 3.8) is 0 Å². The topological polar surface area (TPSA) is 55.0 Å². The van der Waals surface area contributed by atoms with E-state index >= 15 is 0 Å². The van der Waals surface area contributed by atoms with Crippen molar-refractivity contribution in [2.45, 2.75) is 19.9 Å². The second kappa shape index (κ2) is 6.87. The number of hydrogen-bond donors (Lipinski definition) is 0. The molecule has 1 aromatic heterocycles. The third kappa shape index (κ3) is 3.39. The summed E-state index contributed by atoms with van der Waals surface area (Å²) in [5.74, 6) is 0. The molecule has 0 amide bonds. The number of rotatable bonds is 5. The summed E-state index contributed by atoms with van der Waals surface area (Å²) in [6, 6.07) is 13.4. The Morgan fingerprint density at radius 2 is 1.90 bits per heavy atom. The van der Waals surface area contributed by atoms with E-state index in [-0.39, 0.29) is 11.1 Å². The summed E-state index contributed by atoms with van der Waals surface area (Å²) in [7, 11) is 1.63. The summed E-state index contributed by atoms with van der Waals surface area (Å²) in [4.78, 5) is 12.4. The highest BCUT2D eigenvalue weighted by molar-refractivity contribution is 5.60. The van der Waals surface area contributed by atoms with Gasteiger partial charge in [0.1, 0.15) is 11.6 Å². The van der Waals surface area contributed by atoms with Crippen molar-refractivity contribution in [2.75, 3.05) is 13.7 Å². The summed E-state index contributed by atoms with van der Waals surface area (Å²) in [6.07, 6.45) is 0.726. The number of pyridine rings is 1. The van der Waals surface area contributed by atoms with Crippen LogP contribution in [-0.4, -0.2) is 18.3 Å². The lowest BCUT2D eigenvalue weighted by Gasteiger charge is -2.13. The molecule has 0 spiro atoms. The van der Waals surface area contributed by atoms with Crippen LogP contribution in [-0.2, 0) is 11.3 Å². The quantitative estimate of drug-likeness (QED) is 0.792. The summed E-state index contributed by atoms with van der Waals surface area (Å²) >= 11 is 0. The van der Waals surface area contributed by atoms with E-state index in [1.54, 1.807) is 17.7 Å². The first-order chi connectivity index (χ1) is 10.2. The molecule has 0 aliphatic heterocycles. The van der Waals surface area contributed by atoms with Crippen molar-refractivity contribution in [1.82, 2.24) is 4.57 Å². The summed E-state index contributed by atoms with van der Waals surface area (Å²) in [5.41, 5.74) is 2.89. The minimum Gasteiger partial charge on any atom is -0.385 e. The van der Waals surface area contributed by atoms with Gasteiger partial charge in [-0.25, -0.2) is 0 Å². The molecule has 21 heavy (non-hydrogen) atoms. The van der Waals surface area contributed by atoms with Gasteiger partial charge in [0.25, 0.3) is 5.56 Å². The van der Waals surface area contributed by atoms with Crippen LogP contribution in [0.2, 0.25) is 0 Å². The van der Waals surface area contributed by atoms with Crippen molar-refractivity contribution in [3.05, 3.63) is 57.9 Å². The van der Waals surface area contributed by atoms with Crippen molar-refractivity contribution in [3.8, 4) is 17.3 Å². The lowest BCUT2D eigenvalue weighted by molar-refractivity contribution is 0.190. The lowest BCUT2D eigenvalue weighted by atomic mass is 10.1. The van der Waals surface area contributed by atoms with Gasteiger partial charge in [0, 0.05) is 20.3 Å². The maximum absolute atomic E-state index is 12.4. The number of aryl methyl sites for hydroxylation is 1. The van der Waals surface area contributed by atoms with Gasteiger partial charge in [0.15, 0.2) is 0 Å². The average Bonchev–Trinajstić information content (AvgIpc) is 2.50. The van der Waals surface area contributed by atoms with Crippen LogP contribution in [0, 0.1) is 18.3 Å². The SMILES string of the molecule is COCCCn1c(-c2ccc(C)cc2)ccc(C#N)c1=O. The highest BCUT2D eigenvalue weighted by atomic mass is 16.5. The van der Waals surface area contributed by atoms with E-state index in [0.717, 1.165) is 17.7 Å². The number of ether oxygens (including phenoxy) is 1. The molecule has 4 nitrogen and oxygen atoms in total. The molecule has 108 valence electrons. The number of hydrogen-bond acceptors (Lipinski definition) is 3. The molecule has 0 aliphatic carbocycles. The number of nitriles is 1. The Bertz CT molecular complexity index is 709. The van der Waals surface area contributed by atoms with Gasteiger partial charge in [0.2, 0.25) is 0 Å². The van der Waals surface area contributed by atoms with E-state index in [4.69, 9.17) is 10.00 Å². The molecule has 1 aromatic carbocycles. The number of methoxy groups -OCH3 is 1. The van der Waals surface area contributed by atoms with Gasteiger partial charge >= 0.3 is 0 Å². The first-order valence-electron chi connectivity index (χ1n) is 6.87. The molecule has 1 heterocycles. The fourth-order valence-corrected chi connectivity index (χ4v) is 2.23. The Balaban J connectivity index is 2.49. The van der Waals surface area contributed by atoms with E-state index in [2.05, 4.69) is 0 Å². The van der Waals surface area contributed by atoms with Crippen LogP contribution < -0.4 is 5.56 Å². The van der Waals surface area contributed by atoms with Gasteiger partial charge in [-0.2, -0.15) is 5.26 Å². The zero-order chi connectivity index (χ0) is 15.2. The standard InChI is InChI=1S/C17H18N2O2/c1-13-4-6-14(7-5-13)16-9-8-15(12-18)17(20)19(16)10-3-11-21-2/h4-9H,3,10-11H2,1-2H3. The zero-order valence-electron chi connectivity index (χ0n) is 12.3. The molecular formula is C17H18N2O2. The average molecular weight is 282 g/mol. The van der Waals surface area contributed by atoms with E-state index in [1.165, 1.54) is 5.56 Å². The molecule has 0 unspecified atom stereocenters. The molecule has 0 saturated carbocycles. The second-order valence-electron chi connectivity index (χ2n) is 4.91. The zero-order valence-corrected chi connectivity index (χ0v) is 12.3. The molecule has 0 radical (unpaired) electrons. The van der Waals surface area contributed by atoms with Gasteiger partial charge in [-0.15, -0.1) is 0 Å². The van der Waals surface area contributed by atoms with Gasteiger partial charge in [-0.1, -0.05) is 29.8 Å². The minimum absolute atomic E-state index is 0.170. The van der Waals surface area contributed by atoms with Crippen LogP contribution in [0.15, 0.2) is 41.2 Å². The van der Waals surface area contributed by atoms with E-state index in [9.17, 15) is 4.79 Å². The van der Waals surface area contributed by atoms with Crippen LogP contribution in [0.3, 0.4) is 0 Å². The number of benzene rings is 1. The van der Waals surface area contributed by atoms with Crippen molar-refractivity contribution < 1.29 is 4.74 Å². The predicted octanol–water partition coefficient (Wildman–Crippen LogP) is 2.73. The van der Waals surface area contributed by atoms with Crippen LogP contribution in [0.1, 0.15) is 17.5 Å². The first kappa shape index (κ1) is 15.0. The molecule has 4 heteroatoms. The third-order valence-corrected chi connectivity index (χ3v) is 3.37. The molecule has 0 aliphatic rings. The summed E-state index contributed by atoms with van der Waals surface area (Å²) < 4.78 is 6.70. The largest absolute Gasteiger partial charge is 0.385 e. The highest BCUT2D eigenvalue weighted by Gasteiger charge is 2.10. The monoisotopic (exact) mass is 282 g/mol. The fraction of sp³-hybridized carbons (Fsp3) is 0.294. The molecule has 0 N–H and O–H groups in total. The van der Waals surface area contributed by atoms with Gasteiger partial charge in [-0.3, -0.25) is 4.79 Å². The van der Waals surface area contributed by atoms with Gasteiger partial charge < -0.3 is 9.30 Å².